The lowest BCUT2D eigenvalue weighted by Gasteiger charge is -2.22. The molecule has 0 saturated carbocycles. The third-order valence-corrected chi connectivity index (χ3v) is 3.37. The SMILES string of the molecule is FC(F)(F)c1cc(N=C=S)ccc1CN1CCCOCC1. The molecule has 1 fully saturated rings. The van der Waals surface area contributed by atoms with E-state index in [0.717, 1.165) is 19.0 Å². The quantitative estimate of drug-likeness (QED) is 0.628. The lowest BCUT2D eigenvalue weighted by molar-refractivity contribution is -0.138. The molecule has 0 spiro atoms. The number of hydrogen-bond donors (Lipinski definition) is 0. The van der Waals surface area contributed by atoms with E-state index in [1.807, 2.05) is 4.90 Å². The minimum absolute atomic E-state index is 0.167. The van der Waals surface area contributed by atoms with Crippen LogP contribution in [-0.2, 0) is 17.5 Å². The number of alkyl halides is 3. The molecule has 1 heterocycles. The molecular weight excluding hydrogens is 301 g/mol. The van der Waals surface area contributed by atoms with Crippen LogP contribution in [-0.4, -0.2) is 36.4 Å². The van der Waals surface area contributed by atoms with Gasteiger partial charge in [0.05, 0.1) is 23.0 Å². The van der Waals surface area contributed by atoms with Gasteiger partial charge in [-0.2, -0.15) is 18.2 Å². The molecule has 1 aliphatic rings. The third kappa shape index (κ3) is 4.61. The number of aliphatic imine (C=N–C) groups is 1. The molecule has 7 heteroatoms. The molecule has 0 aromatic heterocycles. The molecule has 2 rings (SSSR count). The van der Waals surface area contributed by atoms with Crippen LogP contribution in [0.25, 0.3) is 0 Å². The summed E-state index contributed by atoms with van der Waals surface area (Å²) in [6.07, 6.45) is -3.58. The van der Waals surface area contributed by atoms with Crippen LogP contribution in [0.5, 0.6) is 0 Å². The highest BCUT2D eigenvalue weighted by atomic mass is 32.1. The zero-order valence-electron chi connectivity index (χ0n) is 11.3. The molecule has 0 aliphatic carbocycles. The molecule has 0 radical (unpaired) electrons. The van der Waals surface area contributed by atoms with E-state index < -0.39 is 11.7 Å². The van der Waals surface area contributed by atoms with Gasteiger partial charge in [-0.05, 0) is 36.3 Å². The summed E-state index contributed by atoms with van der Waals surface area (Å²) >= 11 is 4.43. The minimum Gasteiger partial charge on any atom is -0.380 e. The van der Waals surface area contributed by atoms with E-state index in [1.165, 1.54) is 12.1 Å². The van der Waals surface area contributed by atoms with Crippen molar-refractivity contribution in [1.82, 2.24) is 4.90 Å². The Morgan fingerprint density at radius 3 is 2.81 bits per heavy atom. The standard InChI is InChI=1S/C14H15F3N2OS/c15-14(16,17)13-8-12(18-10-21)3-2-11(13)9-19-4-1-6-20-7-5-19/h2-3,8H,1,4-7,9H2. The van der Waals surface area contributed by atoms with Crippen molar-refractivity contribution in [3.05, 3.63) is 29.3 Å². The van der Waals surface area contributed by atoms with Gasteiger partial charge in [-0.3, -0.25) is 4.90 Å². The second-order valence-electron chi connectivity index (χ2n) is 4.78. The van der Waals surface area contributed by atoms with Gasteiger partial charge in [-0.1, -0.05) is 6.07 Å². The maximum atomic E-state index is 13.2. The van der Waals surface area contributed by atoms with Crippen molar-refractivity contribution in [2.75, 3.05) is 26.3 Å². The Bertz CT molecular complexity index is 534. The first-order valence-electron chi connectivity index (χ1n) is 6.59. The van der Waals surface area contributed by atoms with E-state index in [9.17, 15) is 13.2 Å². The molecular formula is C14H15F3N2OS. The van der Waals surface area contributed by atoms with Crippen molar-refractivity contribution < 1.29 is 17.9 Å². The van der Waals surface area contributed by atoms with Crippen LogP contribution in [0.4, 0.5) is 18.9 Å². The van der Waals surface area contributed by atoms with Gasteiger partial charge in [0.25, 0.3) is 0 Å². The lowest BCUT2D eigenvalue weighted by Crippen LogP contribution is -2.27. The molecule has 21 heavy (non-hydrogen) atoms. The maximum absolute atomic E-state index is 13.2. The molecule has 0 atom stereocenters. The van der Waals surface area contributed by atoms with Crippen LogP contribution in [0.15, 0.2) is 23.2 Å². The summed E-state index contributed by atoms with van der Waals surface area (Å²) in [6.45, 7) is 2.83. The van der Waals surface area contributed by atoms with Crippen molar-refractivity contribution in [3.63, 3.8) is 0 Å². The Kier molecular flexibility index (Phi) is 5.47. The fraction of sp³-hybridized carbons (Fsp3) is 0.500. The van der Waals surface area contributed by atoms with Gasteiger partial charge in [-0.15, -0.1) is 0 Å². The van der Waals surface area contributed by atoms with E-state index in [2.05, 4.69) is 22.4 Å². The minimum atomic E-state index is -4.41. The monoisotopic (exact) mass is 316 g/mol. The first-order chi connectivity index (χ1) is 10.0. The van der Waals surface area contributed by atoms with Crippen molar-refractivity contribution in [2.45, 2.75) is 19.1 Å². The lowest BCUT2D eigenvalue weighted by atomic mass is 10.1. The third-order valence-electron chi connectivity index (χ3n) is 3.28. The Labute approximate surface area is 126 Å². The Hall–Kier alpha value is -1.27. The summed E-state index contributed by atoms with van der Waals surface area (Å²) in [6, 6.07) is 4.00. The Morgan fingerprint density at radius 1 is 1.29 bits per heavy atom. The van der Waals surface area contributed by atoms with Gasteiger partial charge in [-0.25, -0.2) is 0 Å². The van der Waals surface area contributed by atoms with Crippen molar-refractivity contribution in [2.24, 2.45) is 4.99 Å². The van der Waals surface area contributed by atoms with E-state index in [0.29, 0.717) is 19.8 Å². The Balaban J connectivity index is 2.26. The highest BCUT2D eigenvalue weighted by molar-refractivity contribution is 7.78. The molecule has 0 unspecified atom stereocenters. The van der Waals surface area contributed by atoms with Crippen LogP contribution in [0.1, 0.15) is 17.5 Å². The first kappa shape index (κ1) is 16.1. The van der Waals surface area contributed by atoms with Crippen molar-refractivity contribution >= 4 is 23.1 Å². The van der Waals surface area contributed by atoms with Crippen LogP contribution in [0.3, 0.4) is 0 Å². The number of hydrogen-bond acceptors (Lipinski definition) is 4. The molecule has 1 aromatic rings. The highest BCUT2D eigenvalue weighted by Crippen LogP contribution is 2.35. The topological polar surface area (TPSA) is 24.8 Å². The van der Waals surface area contributed by atoms with Crippen LogP contribution < -0.4 is 0 Å². The van der Waals surface area contributed by atoms with Crippen molar-refractivity contribution in [3.8, 4) is 0 Å². The van der Waals surface area contributed by atoms with Crippen LogP contribution in [0.2, 0.25) is 0 Å². The van der Waals surface area contributed by atoms with Crippen LogP contribution in [0, 0.1) is 0 Å². The molecule has 114 valence electrons. The van der Waals surface area contributed by atoms with E-state index in [1.54, 1.807) is 0 Å². The predicted molar refractivity (Wildman–Crippen MR) is 76.8 cm³/mol. The summed E-state index contributed by atoms with van der Waals surface area (Å²) in [5.41, 5.74) is -0.257. The number of benzene rings is 1. The fourth-order valence-corrected chi connectivity index (χ4v) is 2.39. The summed E-state index contributed by atoms with van der Waals surface area (Å²) in [5, 5.41) is 2.09. The van der Waals surface area contributed by atoms with Gasteiger partial charge in [0.2, 0.25) is 0 Å². The molecule has 1 aromatic carbocycles. The summed E-state index contributed by atoms with van der Waals surface area (Å²) < 4.78 is 44.8. The average Bonchev–Trinajstić information content (AvgIpc) is 2.68. The molecule has 0 amide bonds. The summed E-state index contributed by atoms with van der Waals surface area (Å²) in [7, 11) is 0. The van der Waals surface area contributed by atoms with Gasteiger partial charge in [0, 0.05) is 26.2 Å². The van der Waals surface area contributed by atoms with E-state index in [4.69, 9.17) is 4.74 Å². The van der Waals surface area contributed by atoms with Crippen molar-refractivity contribution in [1.29, 1.82) is 0 Å². The zero-order valence-corrected chi connectivity index (χ0v) is 12.1. The average molecular weight is 316 g/mol. The molecule has 1 aliphatic heterocycles. The number of thiocarbonyl (C=S) groups is 1. The Morgan fingerprint density at radius 2 is 2.10 bits per heavy atom. The number of nitrogens with zero attached hydrogens (tertiary/aromatic N) is 2. The molecule has 3 nitrogen and oxygen atoms in total. The maximum Gasteiger partial charge on any atom is 0.416 e. The largest absolute Gasteiger partial charge is 0.416 e. The summed E-state index contributed by atoms with van der Waals surface area (Å²) in [4.78, 5) is 5.59. The number of halogens is 3. The first-order valence-corrected chi connectivity index (χ1v) is 6.99. The zero-order chi connectivity index (χ0) is 15.3. The van der Waals surface area contributed by atoms with E-state index in [-0.39, 0.29) is 17.8 Å². The second-order valence-corrected chi connectivity index (χ2v) is 4.97. The molecule has 0 bridgehead atoms. The number of isothiocyanates is 1. The second kappa shape index (κ2) is 7.13. The predicted octanol–water partition coefficient (Wildman–Crippen LogP) is 3.66. The highest BCUT2D eigenvalue weighted by Gasteiger charge is 2.34. The fourth-order valence-electron chi connectivity index (χ4n) is 2.29. The van der Waals surface area contributed by atoms with Gasteiger partial charge >= 0.3 is 6.18 Å². The molecule has 1 saturated heterocycles. The van der Waals surface area contributed by atoms with Gasteiger partial charge in [0.1, 0.15) is 0 Å². The number of ether oxygens (including phenoxy) is 1. The molecule has 0 N–H and O–H groups in total. The number of rotatable bonds is 3. The van der Waals surface area contributed by atoms with Gasteiger partial charge < -0.3 is 4.74 Å². The normalized spacial score (nSPS) is 17.1. The van der Waals surface area contributed by atoms with Gasteiger partial charge in [0.15, 0.2) is 0 Å². The smallest absolute Gasteiger partial charge is 0.380 e. The van der Waals surface area contributed by atoms with E-state index >= 15 is 0 Å². The summed E-state index contributed by atoms with van der Waals surface area (Å²) in [5.74, 6) is 0. The van der Waals surface area contributed by atoms with Crippen LogP contribution >= 0.6 is 12.2 Å².